The van der Waals surface area contributed by atoms with Crippen LogP contribution in [0, 0.1) is 51.1 Å². The smallest absolute Gasteiger partial charge is 0.353 e. The zero-order valence-electron chi connectivity index (χ0n) is 38.8. The molecule has 374 valence electrons. The molecule has 4 aromatic rings. The quantitative estimate of drug-likeness (QED) is 0.0628. The average Bonchev–Trinajstić information content (AvgIpc) is 3.25. The summed E-state index contributed by atoms with van der Waals surface area (Å²) < 4.78 is 0. The summed E-state index contributed by atoms with van der Waals surface area (Å²) in [5, 5.41) is 37.8. The van der Waals surface area contributed by atoms with Crippen LogP contribution in [-0.4, -0.2) is 138 Å². The molecule has 0 aliphatic carbocycles. The van der Waals surface area contributed by atoms with Crippen molar-refractivity contribution in [2.75, 3.05) is 114 Å². The number of nitrogens with two attached hydrogens (primary N) is 5. The molecule has 0 atom stereocenters. The van der Waals surface area contributed by atoms with E-state index in [1.807, 2.05) is 39.8 Å². The third-order valence-electron chi connectivity index (χ3n) is 6.35. The second-order valence-electron chi connectivity index (χ2n) is 11.3. The standard InChI is InChI=1S/C8H13N5O2.C8H15N5.C7H10N4O2.C6H7N3O2.C2H7N.3CH5N.2CH4.I2/c1-4-9-7-6(13(14)15)8(12(2)3)11-5-10-7;1-4-10-7-6(9)8(13(2)3)12-5-11-7;1-5-6(11(12)13)7(10(2)3)9-4-8-5;1-4-6(9(10)11)5(2)8-3-7-4;1-2-3;3*1-2;;;1-2/h5H,4H2,1-3H3,(H,9,10,11);5H,4,9H2,1-3H3,(H,10,11,12);4H,1-3H3;3H,1-2H3;2-3H2,1H3;3*2H2,1H3;2*1H4;. The average molecular weight is 1150 g/mol. The molecule has 4 heterocycles. The monoisotopic (exact) mass is 1150 g/mol. The van der Waals surface area contributed by atoms with E-state index in [0.29, 0.717) is 46.8 Å². The minimum atomic E-state index is -0.479. The van der Waals surface area contributed by atoms with Crippen LogP contribution in [0.5, 0.6) is 0 Å². The number of rotatable bonds is 10. The van der Waals surface area contributed by atoms with E-state index in [2.05, 4.69) is 105 Å². The van der Waals surface area contributed by atoms with Gasteiger partial charge in [0.2, 0.25) is 17.5 Å². The lowest BCUT2D eigenvalue weighted by Crippen LogP contribution is -2.15. The van der Waals surface area contributed by atoms with Crippen LogP contribution in [0.25, 0.3) is 0 Å². The summed E-state index contributed by atoms with van der Waals surface area (Å²) in [6.07, 6.45) is 5.44. The molecule has 4 rings (SSSR count). The van der Waals surface area contributed by atoms with Crippen LogP contribution in [0.15, 0.2) is 25.3 Å². The van der Waals surface area contributed by atoms with Crippen molar-refractivity contribution in [1.82, 2.24) is 39.9 Å². The van der Waals surface area contributed by atoms with Gasteiger partial charge in [0.1, 0.15) is 48.1 Å². The van der Waals surface area contributed by atoms with Crippen molar-refractivity contribution in [3.05, 3.63) is 72.7 Å². The van der Waals surface area contributed by atoms with Crippen LogP contribution >= 0.6 is 37.2 Å². The van der Waals surface area contributed by atoms with Gasteiger partial charge in [0.25, 0.3) is 0 Å². The SMILES string of the molecule is C.C.CCN.CCNc1ncnc(N(C)C)c1N.CCNc1ncnc(N(C)C)c1[N+](=O)[O-].CN.CN.CN.Cc1ncnc(C)c1[N+](=O)[O-].Cc1ncnc(N(C)C)c1[N+](=O)[O-].II. The first-order chi connectivity index (χ1) is 29.8. The van der Waals surface area contributed by atoms with Gasteiger partial charge in [-0.2, -0.15) is 0 Å². The van der Waals surface area contributed by atoms with Gasteiger partial charge in [-0.1, -0.05) is 21.8 Å². The molecule has 0 amide bonds. The van der Waals surface area contributed by atoms with Crippen LogP contribution in [0.3, 0.4) is 0 Å². The summed E-state index contributed by atoms with van der Waals surface area (Å²) in [5.41, 5.74) is 25.8. The highest BCUT2D eigenvalue weighted by Gasteiger charge is 2.24. The molecule has 12 N–H and O–H groups in total. The number of nitrogens with one attached hydrogen (secondary N) is 2. The first-order valence-corrected chi connectivity index (χ1v) is 24.7. The van der Waals surface area contributed by atoms with Crippen LogP contribution in [0.2, 0.25) is 0 Å². The fourth-order valence-electron chi connectivity index (χ4n) is 4.06. The Morgan fingerprint density at radius 1 is 0.523 bits per heavy atom. The molecule has 0 saturated heterocycles. The van der Waals surface area contributed by atoms with Crippen molar-refractivity contribution in [1.29, 1.82) is 0 Å². The molecule has 0 unspecified atom stereocenters. The third kappa shape index (κ3) is 28.9. The molecule has 4 aromatic heterocycles. The molecule has 0 radical (unpaired) electrons. The highest BCUT2D eigenvalue weighted by atomic mass is 128. The highest BCUT2D eigenvalue weighted by molar-refractivity contribution is 15.0. The number of aromatic nitrogens is 8. The van der Waals surface area contributed by atoms with E-state index in [-0.39, 0.29) is 37.7 Å². The minimum absolute atomic E-state index is 0. The number of anilines is 6. The van der Waals surface area contributed by atoms with Crippen molar-refractivity contribution >= 4 is 89.1 Å². The van der Waals surface area contributed by atoms with E-state index in [1.54, 1.807) is 58.8 Å². The molecule has 0 aliphatic rings. The van der Waals surface area contributed by atoms with Gasteiger partial charge in [-0.25, -0.2) is 39.9 Å². The number of hydrogen-bond donors (Lipinski definition) is 7. The van der Waals surface area contributed by atoms with Gasteiger partial charge in [0.05, 0.1) is 14.8 Å². The Morgan fingerprint density at radius 3 is 1.08 bits per heavy atom. The predicted octanol–water partition coefficient (Wildman–Crippen LogP) is 4.93. The maximum atomic E-state index is 10.9. The molecular weight excluding hydrogens is 1080 g/mol. The number of aryl methyl sites for hydroxylation is 3. The zero-order valence-corrected chi connectivity index (χ0v) is 43.1. The molecular formula is C36H75I2N21O6. The predicted molar refractivity (Wildman–Crippen MR) is 285 cm³/mol. The van der Waals surface area contributed by atoms with E-state index >= 15 is 0 Å². The highest BCUT2D eigenvalue weighted by Crippen LogP contribution is 2.30. The van der Waals surface area contributed by atoms with Crippen molar-refractivity contribution in [3.8, 4) is 0 Å². The van der Waals surface area contributed by atoms with E-state index in [4.69, 9.17) is 11.5 Å². The van der Waals surface area contributed by atoms with Crippen LogP contribution in [-0.2, 0) is 0 Å². The van der Waals surface area contributed by atoms with E-state index in [9.17, 15) is 30.3 Å². The van der Waals surface area contributed by atoms with Crippen molar-refractivity contribution in [2.24, 2.45) is 22.9 Å². The number of nitro groups is 3. The lowest BCUT2D eigenvalue weighted by atomic mass is 10.3. The summed E-state index contributed by atoms with van der Waals surface area (Å²) in [5.74, 6) is 2.32. The molecule has 65 heavy (non-hydrogen) atoms. The van der Waals surface area contributed by atoms with Crippen LogP contribution in [0.4, 0.5) is 51.8 Å². The first-order valence-electron chi connectivity index (χ1n) is 18.4. The lowest BCUT2D eigenvalue weighted by molar-refractivity contribution is -0.386. The molecule has 0 spiro atoms. The Bertz CT molecular complexity index is 1830. The second-order valence-corrected chi connectivity index (χ2v) is 11.3. The fraction of sp³-hybridized carbons (Fsp3) is 0.556. The Morgan fingerprint density at radius 2 is 0.785 bits per heavy atom. The van der Waals surface area contributed by atoms with Crippen molar-refractivity contribution < 1.29 is 14.8 Å². The zero-order chi connectivity index (χ0) is 50.4. The Hall–Kier alpha value is -5.38. The van der Waals surface area contributed by atoms with Gasteiger partial charge in [-0.3, -0.25) is 30.3 Å². The van der Waals surface area contributed by atoms with Gasteiger partial charge in [-0.15, -0.1) is 0 Å². The largest absolute Gasteiger partial charge is 0.393 e. The Balaban J connectivity index is -0.000000128. The third-order valence-corrected chi connectivity index (χ3v) is 6.35. The van der Waals surface area contributed by atoms with Crippen molar-refractivity contribution in [2.45, 2.75) is 56.4 Å². The molecule has 0 aromatic carbocycles. The van der Waals surface area contributed by atoms with Crippen LogP contribution < -0.4 is 54.0 Å². The van der Waals surface area contributed by atoms with Crippen molar-refractivity contribution in [3.63, 3.8) is 0 Å². The molecule has 0 aliphatic heterocycles. The molecule has 0 fully saturated rings. The Labute approximate surface area is 407 Å². The van der Waals surface area contributed by atoms with Gasteiger partial charge in [0.15, 0.2) is 11.6 Å². The van der Waals surface area contributed by atoms with Gasteiger partial charge < -0.3 is 54.0 Å². The first kappa shape index (κ1) is 74.0. The second kappa shape index (κ2) is 45.2. The molecule has 0 bridgehead atoms. The number of nitrogens with zero attached hydrogens (tertiary/aromatic N) is 14. The topological polar surface area (TPSA) is 396 Å². The normalized spacial score (nSPS) is 8.45. The van der Waals surface area contributed by atoms with Gasteiger partial charge in [0, 0.05) is 92.6 Å². The number of halogens is 2. The summed E-state index contributed by atoms with van der Waals surface area (Å²) >= 11 is 4.24. The molecule has 29 heteroatoms. The van der Waals surface area contributed by atoms with Crippen LogP contribution in [0.1, 0.15) is 52.7 Å². The number of hydrogen-bond acceptors (Lipinski definition) is 24. The van der Waals surface area contributed by atoms with Gasteiger partial charge >= 0.3 is 17.1 Å². The Kier molecular flexibility index (Phi) is 51.5. The number of nitrogen functional groups attached to an aromatic ring is 1. The molecule has 0 saturated carbocycles. The minimum Gasteiger partial charge on any atom is -0.393 e. The lowest BCUT2D eigenvalue weighted by Gasteiger charge is -2.15. The van der Waals surface area contributed by atoms with Gasteiger partial charge in [-0.05, 0) is 62.3 Å². The summed E-state index contributed by atoms with van der Waals surface area (Å²) in [6.45, 7) is 12.6. The summed E-state index contributed by atoms with van der Waals surface area (Å²) in [6, 6.07) is 0. The summed E-state index contributed by atoms with van der Waals surface area (Å²) in [7, 11) is 15.1. The van der Waals surface area contributed by atoms with E-state index < -0.39 is 14.8 Å². The van der Waals surface area contributed by atoms with E-state index in [1.165, 1.54) is 46.5 Å². The fourth-order valence-corrected chi connectivity index (χ4v) is 4.06. The maximum Gasteiger partial charge on any atom is 0.353 e. The molecule has 27 nitrogen and oxygen atoms in total. The maximum absolute atomic E-state index is 10.9. The van der Waals surface area contributed by atoms with E-state index in [0.717, 1.165) is 18.9 Å². The summed E-state index contributed by atoms with van der Waals surface area (Å²) in [4.78, 5) is 66.4.